The van der Waals surface area contributed by atoms with Crippen molar-refractivity contribution in [2.45, 2.75) is 77.5 Å². The van der Waals surface area contributed by atoms with Crippen molar-refractivity contribution in [2.75, 3.05) is 13.1 Å². The molecule has 0 aliphatic carbocycles. The molecule has 10 heteroatoms. The minimum Gasteiger partial charge on any atom is -0.444 e. The summed E-state index contributed by atoms with van der Waals surface area (Å²) < 4.78 is 16.4. The number of amides is 3. The molecule has 1 N–H and O–H groups in total. The summed E-state index contributed by atoms with van der Waals surface area (Å²) in [4.78, 5) is 40.1. The summed E-state index contributed by atoms with van der Waals surface area (Å²) in [6.07, 6.45) is -3.32. The van der Waals surface area contributed by atoms with E-state index in [0.29, 0.717) is 0 Å². The Morgan fingerprint density at radius 3 is 2.06 bits per heavy atom. The molecule has 2 saturated heterocycles. The number of ether oxygens (including phenoxy) is 3. The molecule has 0 saturated carbocycles. The van der Waals surface area contributed by atoms with Crippen LogP contribution in [0.3, 0.4) is 0 Å². The van der Waals surface area contributed by atoms with E-state index in [4.69, 9.17) is 14.2 Å². The van der Waals surface area contributed by atoms with E-state index in [0.717, 1.165) is 15.6 Å². The first-order valence-electron chi connectivity index (χ1n) is 10.9. The van der Waals surface area contributed by atoms with Crippen LogP contribution in [0.4, 0.5) is 14.4 Å². The molecule has 0 bridgehead atoms. The summed E-state index contributed by atoms with van der Waals surface area (Å²) in [5.74, 6) is 0. The van der Waals surface area contributed by atoms with Crippen LogP contribution in [0.1, 0.15) is 47.1 Å². The number of carbonyl (C=O) groups is 3. The second kappa shape index (κ2) is 9.09. The number of aliphatic hydroxyl groups is 1. The number of fused-ring (bicyclic) bond motifs is 1. The Labute approximate surface area is 193 Å². The number of nitrogens with zero attached hydrogens (tertiary/aromatic N) is 3. The lowest BCUT2D eigenvalue weighted by Gasteiger charge is -2.33. The van der Waals surface area contributed by atoms with Crippen molar-refractivity contribution >= 4 is 18.3 Å². The van der Waals surface area contributed by atoms with Crippen molar-refractivity contribution in [1.82, 2.24) is 14.9 Å². The van der Waals surface area contributed by atoms with Crippen molar-refractivity contribution in [2.24, 2.45) is 0 Å². The van der Waals surface area contributed by atoms with Gasteiger partial charge in [-0.25, -0.2) is 24.4 Å². The average Bonchev–Trinajstić information content (AvgIpc) is 3.22. The van der Waals surface area contributed by atoms with E-state index in [1.807, 2.05) is 18.2 Å². The van der Waals surface area contributed by atoms with E-state index in [1.54, 1.807) is 53.7 Å². The number of likely N-dealkylation sites (tertiary alicyclic amines) is 1. The molecule has 3 amide bonds. The second-order valence-electron chi connectivity index (χ2n) is 10.2. The van der Waals surface area contributed by atoms with E-state index in [9.17, 15) is 19.5 Å². The number of carbonyl (C=O) groups excluding carboxylic acids is 3. The molecule has 2 aliphatic heterocycles. The highest BCUT2D eigenvalue weighted by Crippen LogP contribution is 2.34. The van der Waals surface area contributed by atoms with Crippen LogP contribution in [0, 0.1) is 0 Å². The maximum atomic E-state index is 13.1. The Morgan fingerprint density at radius 2 is 1.48 bits per heavy atom. The molecule has 1 aromatic carbocycles. The summed E-state index contributed by atoms with van der Waals surface area (Å²) >= 11 is 0. The Bertz CT molecular complexity index is 878. The summed E-state index contributed by atoms with van der Waals surface area (Å²) in [6, 6.07) is 7.55. The SMILES string of the molecule is CC(C)(C)OC(=O)N1C[C@H](O)[C@@H]2[C@H]1CN(C(=O)OC(C)(C)C)N2C(=O)OCc1ccccc1. The topological polar surface area (TPSA) is 109 Å². The first-order chi connectivity index (χ1) is 15.3. The molecule has 0 radical (unpaired) electrons. The van der Waals surface area contributed by atoms with Crippen LogP contribution in [0.25, 0.3) is 0 Å². The maximum Gasteiger partial charge on any atom is 0.429 e. The molecule has 2 heterocycles. The summed E-state index contributed by atoms with van der Waals surface area (Å²) in [6.45, 7) is 10.3. The first-order valence-corrected chi connectivity index (χ1v) is 10.9. The number of hydrazine groups is 1. The Kier molecular flexibility index (Phi) is 6.78. The van der Waals surface area contributed by atoms with Crippen molar-refractivity contribution in [3.63, 3.8) is 0 Å². The molecule has 33 heavy (non-hydrogen) atoms. The normalized spacial score (nSPS) is 22.8. The number of β-amino-alcohol motifs (C(OH)–C–C–N with tert-alkyl or cyclic N) is 1. The van der Waals surface area contributed by atoms with E-state index >= 15 is 0 Å². The maximum absolute atomic E-state index is 13.1. The third-order valence-electron chi connectivity index (χ3n) is 5.10. The zero-order valence-corrected chi connectivity index (χ0v) is 20.0. The summed E-state index contributed by atoms with van der Waals surface area (Å²) in [5, 5.41) is 12.9. The van der Waals surface area contributed by atoms with Gasteiger partial charge in [-0.2, -0.15) is 0 Å². The van der Waals surface area contributed by atoms with E-state index < -0.39 is 47.7 Å². The zero-order valence-electron chi connectivity index (χ0n) is 20.0. The first kappa shape index (κ1) is 24.6. The van der Waals surface area contributed by atoms with Crippen LogP contribution in [-0.4, -0.2) is 80.8 Å². The van der Waals surface area contributed by atoms with Crippen LogP contribution in [0.15, 0.2) is 30.3 Å². The van der Waals surface area contributed by atoms with E-state index in [-0.39, 0.29) is 19.7 Å². The predicted octanol–water partition coefficient (Wildman–Crippen LogP) is 3.14. The summed E-state index contributed by atoms with van der Waals surface area (Å²) in [7, 11) is 0. The van der Waals surface area contributed by atoms with Gasteiger partial charge in [0, 0.05) is 0 Å². The van der Waals surface area contributed by atoms with Crippen molar-refractivity contribution < 1.29 is 33.7 Å². The second-order valence-corrected chi connectivity index (χ2v) is 10.2. The van der Waals surface area contributed by atoms with Gasteiger partial charge < -0.3 is 19.3 Å². The molecule has 182 valence electrons. The van der Waals surface area contributed by atoms with E-state index in [2.05, 4.69) is 0 Å². The fourth-order valence-corrected chi connectivity index (χ4v) is 3.86. The number of hydrogen-bond donors (Lipinski definition) is 1. The minimum atomic E-state index is -1.10. The monoisotopic (exact) mass is 463 g/mol. The highest BCUT2D eigenvalue weighted by atomic mass is 16.6. The number of aliphatic hydroxyl groups excluding tert-OH is 1. The van der Waals surface area contributed by atoms with Gasteiger partial charge in [0.25, 0.3) is 0 Å². The molecule has 3 rings (SSSR count). The van der Waals surface area contributed by atoms with Crippen LogP contribution in [0.5, 0.6) is 0 Å². The molecule has 0 unspecified atom stereocenters. The van der Waals surface area contributed by atoms with Gasteiger partial charge in [0.1, 0.15) is 23.9 Å². The molecule has 0 spiro atoms. The quantitative estimate of drug-likeness (QED) is 0.671. The largest absolute Gasteiger partial charge is 0.444 e. The van der Waals surface area contributed by atoms with Gasteiger partial charge in [-0.15, -0.1) is 0 Å². The fourth-order valence-electron chi connectivity index (χ4n) is 3.86. The van der Waals surface area contributed by atoms with Gasteiger partial charge in [-0.1, -0.05) is 30.3 Å². The lowest BCUT2D eigenvalue weighted by atomic mass is 10.1. The molecule has 0 aromatic heterocycles. The van der Waals surface area contributed by atoms with Gasteiger partial charge in [-0.05, 0) is 47.1 Å². The molecule has 1 aromatic rings. The molecule has 3 atom stereocenters. The van der Waals surface area contributed by atoms with Crippen LogP contribution in [0.2, 0.25) is 0 Å². The van der Waals surface area contributed by atoms with Crippen molar-refractivity contribution in [3.05, 3.63) is 35.9 Å². The van der Waals surface area contributed by atoms with Gasteiger partial charge in [-0.3, -0.25) is 4.90 Å². The average molecular weight is 464 g/mol. The lowest BCUT2D eigenvalue weighted by Crippen LogP contribution is -2.53. The molecule has 2 aliphatic rings. The van der Waals surface area contributed by atoms with Gasteiger partial charge in [0.15, 0.2) is 0 Å². The van der Waals surface area contributed by atoms with E-state index in [1.165, 1.54) is 4.90 Å². The Hall–Kier alpha value is -3.01. The van der Waals surface area contributed by atoms with Crippen molar-refractivity contribution in [1.29, 1.82) is 0 Å². The third kappa shape index (κ3) is 5.87. The lowest BCUT2D eigenvalue weighted by molar-refractivity contribution is -0.0518. The van der Waals surface area contributed by atoms with Crippen LogP contribution >= 0.6 is 0 Å². The summed E-state index contributed by atoms with van der Waals surface area (Å²) in [5.41, 5.74) is -0.775. The smallest absolute Gasteiger partial charge is 0.429 e. The Balaban J connectivity index is 1.84. The highest BCUT2D eigenvalue weighted by molar-refractivity contribution is 5.77. The molecule has 2 fully saturated rings. The number of rotatable bonds is 2. The predicted molar refractivity (Wildman–Crippen MR) is 118 cm³/mol. The van der Waals surface area contributed by atoms with Crippen LogP contribution in [-0.2, 0) is 20.8 Å². The third-order valence-corrected chi connectivity index (χ3v) is 5.10. The molecular weight excluding hydrogens is 430 g/mol. The number of hydrogen-bond acceptors (Lipinski definition) is 7. The zero-order chi connectivity index (χ0) is 24.6. The molecule has 10 nitrogen and oxygen atoms in total. The van der Waals surface area contributed by atoms with Gasteiger partial charge in [0.05, 0.1) is 25.2 Å². The minimum absolute atomic E-state index is 0.0123. The number of benzene rings is 1. The standard InChI is InChI=1S/C23H33N3O7/c1-22(2,3)32-19(28)24-13-17(27)18-16(24)12-25(20(29)33-23(4,5)6)26(18)21(30)31-14-15-10-8-7-9-11-15/h7-11,16-18,27H,12-14H2,1-6H3/t16-,17+,18+/m1/s1. The van der Waals surface area contributed by atoms with Crippen LogP contribution < -0.4 is 0 Å². The van der Waals surface area contributed by atoms with Crippen molar-refractivity contribution in [3.8, 4) is 0 Å². The highest BCUT2D eigenvalue weighted by Gasteiger charge is 2.58. The Morgan fingerprint density at radius 1 is 0.909 bits per heavy atom. The fraction of sp³-hybridized carbons (Fsp3) is 0.609. The molecular formula is C23H33N3O7. The van der Waals surface area contributed by atoms with Gasteiger partial charge in [0.2, 0.25) is 0 Å². The van der Waals surface area contributed by atoms with Gasteiger partial charge >= 0.3 is 18.3 Å².